The summed E-state index contributed by atoms with van der Waals surface area (Å²) in [5.41, 5.74) is 1.34. The van der Waals surface area contributed by atoms with Gasteiger partial charge in [0.1, 0.15) is 7.82 Å². The maximum atomic E-state index is 10.9. The molecular weight excluding hydrogens is 421 g/mol. The average Bonchev–Trinajstić information content (AvgIpc) is 2.64. The van der Waals surface area contributed by atoms with Gasteiger partial charge in [-0.2, -0.15) is 0 Å². The minimum Gasteiger partial charge on any atom is -0.780 e. The van der Waals surface area contributed by atoms with E-state index in [9.17, 15) is 14.4 Å². The van der Waals surface area contributed by atoms with Crippen LogP contribution < -0.4 is 92.4 Å². The summed E-state index contributed by atoms with van der Waals surface area (Å²) in [5.74, 6) is 1.41. The Morgan fingerprint density at radius 3 is 1.66 bits per heavy atom. The van der Waals surface area contributed by atoms with Crippen LogP contribution in [0.1, 0.15) is 11.1 Å². The van der Waals surface area contributed by atoms with Gasteiger partial charge in [0.05, 0.1) is 28.4 Å². The van der Waals surface area contributed by atoms with E-state index in [2.05, 4.69) is 4.52 Å². The maximum Gasteiger partial charge on any atom is 1.00 e. The molecule has 0 aliphatic rings. The van der Waals surface area contributed by atoms with E-state index in [1.54, 1.807) is 30.4 Å². The van der Waals surface area contributed by atoms with Crippen molar-refractivity contribution in [1.29, 1.82) is 0 Å². The summed E-state index contributed by atoms with van der Waals surface area (Å²) in [7, 11) is 0.680. The molecule has 0 spiro atoms. The molecule has 0 fully saturated rings. The third kappa shape index (κ3) is 8.17. The molecule has 0 heterocycles. The zero-order valence-corrected chi connectivity index (χ0v) is 22.1. The van der Waals surface area contributed by atoms with Gasteiger partial charge >= 0.3 is 59.1 Å². The third-order valence-corrected chi connectivity index (χ3v) is 3.97. The van der Waals surface area contributed by atoms with Gasteiger partial charge in [0.15, 0.2) is 23.0 Å². The van der Waals surface area contributed by atoms with Crippen LogP contribution in [-0.4, -0.2) is 28.4 Å². The van der Waals surface area contributed by atoms with Crippen LogP contribution in [0.4, 0.5) is 0 Å². The maximum absolute atomic E-state index is 10.9. The van der Waals surface area contributed by atoms with Gasteiger partial charge in [-0.25, -0.2) is 0 Å². The molecule has 0 amide bonds. The molecule has 0 unspecified atom stereocenters. The Morgan fingerprint density at radius 2 is 1.21 bits per heavy atom. The Labute approximate surface area is 214 Å². The van der Waals surface area contributed by atoms with Gasteiger partial charge in [-0.15, -0.1) is 0 Å². The molecule has 0 saturated heterocycles. The first-order valence-corrected chi connectivity index (χ1v) is 9.15. The second-order valence-corrected chi connectivity index (χ2v) is 6.32. The molecule has 0 bridgehead atoms. The van der Waals surface area contributed by atoms with Crippen molar-refractivity contribution in [2.45, 2.75) is 0 Å². The van der Waals surface area contributed by atoms with Crippen LogP contribution in [-0.2, 0) is 4.57 Å². The van der Waals surface area contributed by atoms with E-state index < -0.39 is 7.82 Å². The molecular formula is C18H19Na2O8P. The zero-order valence-electron chi connectivity index (χ0n) is 17.3. The van der Waals surface area contributed by atoms with E-state index in [1.165, 1.54) is 40.6 Å². The molecule has 146 valence electrons. The number of phosphoric ester groups is 1. The van der Waals surface area contributed by atoms with Crippen LogP contribution in [0.2, 0.25) is 0 Å². The number of benzene rings is 2. The van der Waals surface area contributed by atoms with E-state index in [-0.39, 0.29) is 70.6 Å². The predicted molar refractivity (Wildman–Crippen MR) is 96.3 cm³/mol. The van der Waals surface area contributed by atoms with Gasteiger partial charge in [-0.1, -0.05) is 18.2 Å². The fraction of sp³-hybridized carbons (Fsp3) is 0.222. The molecule has 8 nitrogen and oxygen atoms in total. The van der Waals surface area contributed by atoms with Crippen LogP contribution in [0.5, 0.6) is 28.7 Å². The second-order valence-electron chi connectivity index (χ2n) is 5.24. The van der Waals surface area contributed by atoms with Crippen molar-refractivity contribution < 1.29 is 96.9 Å². The van der Waals surface area contributed by atoms with Gasteiger partial charge < -0.3 is 37.8 Å². The predicted octanol–water partition coefficient (Wildman–Crippen LogP) is -3.89. The van der Waals surface area contributed by atoms with Crippen molar-refractivity contribution in [2.24, 2.45) is 0 Å². The number of hydrogen-bond donors (Lipinski definition) is 0. The van der Waals surface area contributed by atoms with Gasteiger partial charge in [-0.3, -0.25) is 0 Å². The molecule has 0 atom stereocenters. The summed E-state index contributed by atoms with van der Waals surface area (Å²) in [6.45, 7) is 0. The van der Waals surface area contributed by atoms with Crippen molar-refractivity contribution >= 4 is 20.0 Å². The monoisotopic (exact) mass is 440 g/mol. The molecule has 11 heteroatoms. The smallest absolute Gasteiger partial charge is 0.780 e. The van der Waals surface area contributed by atoms with E-state index >= 15 is 0 Å². The molecule has 0 saturated carbocycles. The van der Waals surface area contributed by atoms with Crippen LogP contribution in [0.15, 0.2) is 30.3 Å². The number of methoxy groups -OCH3 is 4. The van der Waals surface area contributed by atoms with Gasteiger partial charge in [-0.05, 0) is 35.4 Å². The Bertz CT molecular complexity index is 857. The van der Waals surface area contributed by atoms with Crippen molar-refractivity contribution in [2.75, 3.05) is 28.4 Å². The minimum atomic E-state index is -5.21. The number of hydrogen-bond acceptors (Lipinski definition) is 8. The second kappa shape index (κ2) is 12.9. The average molecular weight is 440 g/mol. The Hall–Kier alpha value is -0.670. The van der Waals surface area contributed by atoms with Crippen LogP contribution in [0.3, 0.4) is 0 Å². The zero-order chi connectivity index (χ0) is 20.0. The summed E-state index contributed by atoms with van der Waals surface area (Å²) in [6, 6.07) is 8.07. The molecule has 0 N–H and O–H groups in total. The van der Waals surface area contributed by atoms with Crippen LogP contribution in [0, 0.1) is 0 Å². The van der Waals surface area contributed by atoms with E-state index in [1.807, 2.05) is 0 Å². The van der Waals surface area contributed by atoms with Crippen molar-refractivity contribution in [1.82, 2.24) is 0 Å². The van der Waals surface area contributed by atoms with Crippen LogP contribution >= 0.6 is 7.82 Å². The normalized spacial score (nSPS) is 10.6. The topological polar surface area (TPSA) is 109 Å². The first-order valence-electron chi connectivity index (χ1n) is 7.69. The Balaban J connectivity index is 0.00000392. The van der Waals surface area contributed by atoms with Crippen LogP contribution in [0.25, 0.3) is 12.2 Å². The summed E-state index contributed by atoms with van der Waals surface area (Å²) >= 11 is 0. The molecule has 2 aromatic carbocycles. The van der Waals surface area contributed by atoms with E-state index in [4.69, 9.17) is 18.9 Å². The quantitative estimate of drug-likeness (QED) is 0.233. The first-order chi connectivity index (χ1) is 12.8. The molecule has 29 heavy (non-hydrogen) atoms. The molecule has 0 aromatic heterocycles. The van der Waals surface area contributed by atoms with Crippen molar-refractivity contribution in [3.63, 3.8) is 0 Å². The summed E-state index contributed by atoms with van der Waals surface area (Å²) in [4.78, 5) is 21.8. The fourth-order valence-corrected chi connectivity index (χ4v) is 2.76. The number of rotatable bonds is 8. The SMILES string of the molecule is COc1ccc(C=Cc2cc(OC)c(OC)c(OC)c2)cc1OP(=O)([O-])[O-].[Na+].[Na+]. The number of phosphoric acid groups is 1. The largest absolute Gasteiger partial charge is 1.00 e. The minimum absolute atomic E-state index is 0. The third-order valence-electron chi connectivity index (χ3n) is 3.55. The van der Waals surface area contributed by atoms with Crippen molar-refractivity contribution in [3.05, 3.63) is 41.5 Å². The van der Waals surface area contributed by atoms with E-state index in [0.717, 1.165) is 5.56 Å². The molecule has 2 rings (SSSR count). The Morgan fingerprint density at radius 1 is 0.724 bits per heavy atom. The van der Waals surface area contributed by atoms with E-state index in [0.29, 0.717) is 22.8 Å². The Kier molecular flexibility index (Phi) is 12.6. The molecule has 0 aliphatic carbocycles. The van der Waals surface area contributed by atoms with Gasteiger partial charge in [0, 0.05) is 0 Å². The number of ether oxygens (including phenoxy) is 4. The van der Waals surface area contributed by atoms with Crippen molar-refractivity contribution in [3.8, 4) is 28.7 Å². The molecule has 0 radical (unpaired) electrons. The standard InChI is InChI=1S/C18H21O8P.2Na/c1-22-14-8-7-12(9-15(14)26-27(19,20)21)5-6-13-10-16(23-2)18(25-4)17(11-13)24-3;;/h5-11H,1-4H3,(H2,19,20,21);;/q;2*+1/p-2. The summed E-state index contributed by atoms with van der Waals surface area (Å²) in [6.07, 6.45) is 3.46. The fourth-order valence-electron chi connectivity index (χ4n) is 2.38. The summed E-state index contributed by atoms with van der Waals surface area (Å²) < 4.78 is 36.2. The molecule has 2 aromatic rings. The summed E-state index contributed by atoms with van der Waals surface area (Å²) in [5, 5.41) is 0. The van der Waals surface area contributed by atoms with Gasteiger partial charge in [0.25, 0.3) is 0 Å². The first kappa shape index (κ1) is 28.3. The van der Waals surface area contributed by atoms with Gasteiger partial charge in [0.2, 0.25) is 5.75 Å². The molecule has 0 aliphatic heterocycles.